The maximum Gasteiger partial charge on any atom is 0.340 e. The summed E-state index contributed by atoms with van der Waals surface area (Å²) in [5.41, 5.74) is 1.08. The normalized spacial score (nSPS) is 10.0. The zero-order valence-corrected chi connectivity index (χ0v) is 9.31. The molecular formula is C14H11FO2. The molecule has 0 N–H and O–H groups in total. The number of rotatable bonds is 2. The van der Waals surface area contributed by atoms with Gasteiger partial charge in [0, 0.05) is 5.56 Å². The molecule has 0 spiro atoms. The monoisotopic (exact) mass is 230 g/mol. The van der Waals surface area contributed by atoms with Crippen molar-refractivity contribution in [2.45, 2.75) is 0 Å². The van der Waals surface area contributed by atoms with E-state index in [9.17, 15) is 9.18 Å². The van der Waals surface area contributed by atoms with Gasteiger partial charge in [0.05, 0.1) is 12.7 Å². The largest absolute Gasteiger partial charge is 0.465 e. The van der Waals surface area contributed by atoms with Crippen LogP contribution in [0.3, 0.4) is 0 Å². The predicted molar refractivity (Wildman–Crippen MR) is 63.2 cm³/mol. The highest BCUT2D eigenvalue weighted by Gasteiger charge is 2.15. The molecule has 0 atom stereocenters. The predicted octanol–water partition coefficient (Wildman–Crippen LogP) is 3.28. The average Bonchev–Trinajstić information content (AvgIpc) is 2.39. The molecule has 0 amide bonds. The number of esters is 1. The Bertz CT molecular complexity index is 535. The van der Waals surface area contributed by atoms with E-state index in [1.807, 2.05) is 18.2 Å². The molecule has 0 heterocycles. The summed E-state index contributed by atoms with van der Waals surface area (Å²) >= 11 is 0. The molecule has 0 unspecified atom stereocenters. The van der Waals surface area contributed by atoms with Crippen LogP contribution in [0, 0.1) is 5.82 Å². The van der Waals surface area contributed by atoms with Crippen molar-refractivity contribution in [1.29, 1.82) is 0 Å². The van der Waals surface area contributed by atoms with E-state index in [1.54, 1.807) is 24.3 Å². The number of ether oxygens (including phenoxy) is 1. The number of methoxy groups -OCH3 is 1. The standard InChI is InChI=1S/C14H11FO2/c1-17-14(16)12-9-5-8-11(13(12)15)10-6-3-2-4-7-10/h2-9H,1H3. The van der Waals surface area contributed by atoms with Crippen molar-refractivity contribution in [1.82, 2.24) is 0 Å². The molecule has 86 valence electrons. The number of hydrogen-bond donors (Lipinski definition) is 0. The lowest BCUT2D eigenvalue weighted by Gasteiger charge is -2.06. The Labute approximate surface area is 98.7 Å². The molecule has 2 aromatic rings. The minimum Gasteiger partial charge on any atom is -0.465 e. The lowest BCUT2D eigenvalue weighted by atomic mass is 10.0. The van der Waals surface area contributed by atoms with Crippen molar-refractivity contribution in [2.24, 2.45) is 0 Å². The summed E-state index contributed by atoms with van der Waals surface area (Å²) in [6, 6.07) is 13.8. The first-order valence-corrected chi connectivity index (χ1v) is 5.16. The van der Waals surface area contributed by atoms with Crippen LogP contribution >= 0.6 is 0 Å². The third-order valence-electron chi connectivity index (χ3n) is 2.49. The smallest absolute Gasteiger partial charge is 0.340 e. The summed E-state index contributed by atoms with van der Waals surface area (Å²) in [7, 11) is 1.23. The zero-order valence-electron chi connectivity index (χ0n) is 9.31. The van der Waals surface area contributed by atoms with E-state index in [0.29, 0.717) is 5.56 Å². The molecule has 2 rings (SSSR count). The van der Waals surface area contributed by atoms with Crippen LogP contribution in [0.2, 0.25) is 0 Å². The highest BCUT2D eigenvalue weighted by atomic mass is 19.1. The Morgan fingerprint density at radius 3 is 2.41 bits per heavy atom. The molecule has 0 bridgehead atoms. The molecular weight excluding hydrogens is 219 g/mol. The second-order valence-corrected chi connectivity index (χ2v) is 3.52. The Hall–Kier alpha value is -2.16. The first kappa shape index (κ1) is 11.3. The minimum atomic E-state index is -0.666. The molecule has 0 aromatic heterocycles. The van der Waals surface area contributed by atoms with Gasteiger partial charge >= 0.3 is 5.97 Å². The fourth-order valence-electron chi connectivity index (χ4n) is 1.64. The van der Waals surface area contributed by atoms with Gasteiger partial charge in [0.1, 0.15) is 5.82 Å². The SMILES string of the molecule is COC(=O)c1cccc(-c2ccccc2)c1F. The highest BCUT2D eigenvalue weighted by Crippen LogP contribution is 2.24. The lowest BCUT2D eigenvalue weighted by Crippen LogP contribution is -2.05. The van der Waals surface area contributed by atoms with E-state index < -0.39 is 11.8 Å². The summed E-state index contributed by atoms with van der Waals surface area (Å²) in [5, 5.41) is 0. The van der Waals surface area contributed by atoms with Gasteiger partial charge in [-0.3, -0.25) is 0 Å². The summed E-state index contributed by atoms with van der Waals surface area (Å²) in [6.07, 6.45) is 0. The van der Waals surface area contributed by atoms with Gasteiger partial charge in [-0.15, -0.1) is 0 Å². The average molecular weight is 230 g/mol. The van der Waals surface area contributed by atoms with Gasteiger partial charge in [-0.1, -0.05) is 42.5 Å². The maximum absolute atomic E-state index is 14.1. The molecule has 0 saturated carbocycles. The number of benzene rings is 2. The molecule has 0 aliphatic rings. The van der Waals surface area contributed by atoms with Crippen LogP contribution in [0.5, 0.6) is 0 Å². The molecule has 0 fully saturated rings. The van der Waals surface area contributed by atoms with Crippen molar-refractivity contribution in [3.63, 3.8) is 0 Å². The van der Waals surface area contributed by atoms with Crippen LogP contribution in [0.4, 0.5) is 4.39 Å². The van der Waals surface area contributed by atoms with Crippen molar-refractivity contribution in [3.8, 4) is 11.1 Å². The molecule has 0 aliphatic carbocycles. The number of carbonyl (C=O) groups is 1. The topological polar surface area (TPSA) is 26.3 Å². The van der Waals surface area contributed by atoms with E-state index in [1.165, 1.54) is 13.2 Å². The van der Waals surface area contributed by atoms with Gasteiger partial charge in [0.2, 0.25) is 0 Å². The summed E-state index contributed by atoms with van der Waals surface area (Å²) < 4.78 is 18.6. The van der Waals surface area contributed by atoms with Gasteiger partial charge in [-0.25, -0.2) is 9.18 Å². The molecule has 2 nitrogen and oxygen atoms in total. The lowest BCUT2D eigenvalue weighted by molar-refractivity contribution is 0.0595. The molecule has 3 heteroatoms. The van der Waals surface area contributed by atoms with Crippen LogP contribution in [0.1, 0.15) is 10.4 Å². The van der Waals surface area contributed by atoms with Gasteiger partial charge in [0.15, 0.2) is 0 Å². The maximum atomic E-state index is 14.1. The molecule has 17 heavy (non-hydrogen) atoms. The molecule has 0 saturated heterocycles. The van der Waals surface area contributed by atoms with Gasteiger partial charge < -0.3 is 4.74 Å². The zero-order chi connectivity index (χ0) is 12.3. The van der Waals surface area contributed by atoms with Gasteiger partial charge in [-0.2, -0.15) is 0 Å². The Balaban J connectivity index is 2.54. The van der Waals surface area contributed by atoms with Crippen LogP contribution in [-0.4, -0.2) is 13.1 Å². The highest BCUT2D eigenvalue weighted by molar-refractivity contribution is 5.91. The third kappa shape index (κ3) is 2.18. The van der Waals surface area contributed by atoms with Gasteiger partial charge in [0.25, 0.3) is 0 Å². The molecule has 0 radical (unpaired) electrons. The summed E-state index contributed by atoms with van der Waals surface area (Å²) in [6.45, 7) is 0. The van der Waals surface area contributed by atoms with E-state index >= 15 is 0 Å². The van der Waals surface area contributed by atoms with E-state index in [4.69, 9.17) is 0 Å². The van der Waals surface area contributed by atoms with Crippen molar-refractivity contribution in [3.05, 3.63) is 59.9 Å². The Kier molecular flexibility index (Phi) is 3.19. The molecule has 0 aliphatic heterocycles. The van der Waals surface area contributed by atoms with Crippen LogP contribution in [0.25, 0.3) is 11.1 Å². The van der Waals surface area contributed by atoms with E-state index in [-0.39, 0.29) is 5.56 Å². The second-order valence-electron chi connectivity index (χ2n) is 3.52. The second kappa shape index (κ2) is 4.78. The third-order valence-corrected chi connectivity index (χ3v) is 2.49. The van der Waals surface area contributed by atoms with E-state index in [0.717, 1.165) is 5.56 Å². The number of carbonyl (C=O) groups excluding carboxylic acids is 1. The first-order valence-electron chi connectivity index (χ1n) is 5.16. The molecule has 2 aromatic carbocycles. The first-order chi connectivity index (χ1) is 8.24. The van der Waals surface area contributed by atoms with Gasteiger partial charge in [-0.05, 0) is 11.6 Å². The van der Waals surface area contributed by atoms with E-state index in [2.05, 4.69) is 4.74 Å². The van der Waals surface area contributed by atoms with Crippen LogP contribution in [-0.2, 0) is 4.74 Å². The minimum absolute atomic E-state index is 0.0474. The fraction of sp³-hybridized carbons (Fsp3) is 0.0714. The van der Waals surface area contributed by atoms with Crippen molar-refractivity contribution in [2.75, 3.05) is 7.11 Å². The number of hydrogen-bond acceptors (Lipinski definition) is 2. The Morgan fingerprint density at radius 1 is 1.06 bits per heavy atom. The summed E-state index contributed by atoms with van der Waals surface area (Å²) in [5.74, 6) is -1.22. The van der Waals surface area contributed by atoms with Crippen LogP contribution < -0.4 is 0 Å². The van der Waals surface area contributed by atoms with Crippen molar-refractivity contribution < 1.29 is 13.9 Å². The van der Waals surface area contributed by atoms with Crippen molar-refractivity contribution >= 4 is 5.97 Å². The summed E-state index contributed by atoms with van der Waals surface area (Å²) in [4.78, 5) is 11.4. The Morgan fingerprint density at radius 2 is 1.76 bits per heavy atom. The van der Waals surface area contributed by atoms with Crippen LogP contribution in [0.15, 0.2) is 48.5 Å². The quantitative estimate of drug-likeness (QED) is 0.740. The fourth-order valence-corrected chi connectivity index (χ4v) is 1.64. The number of halogens is 1.